The van der Waals surface area contributed by atoms with Gasteiger partial charge in [0, 0.05) is 6.54 Å². The summed E-state index contributed by atoms with van der Waals surface area (Å²) in [5.74, 6) is -0.677. The summed E-state index contributed by atoms with van der Waals surface area (Å²) in [5, 5.41) is 9.63. The third-order valence-electron chi connectivity index (χ3n) is 3.78. The van der Waals surface area contributed by atoms with E-state index in [9.17, 15) is 18.3 Å². The molecule has 1 heterocycles. The first kappa shape index (κ1) is 15.9. The molecule has 1 aliphatic rings. The van der Waals surface area contributed by atoms with E-state index in [1.165, 1.54) is 0 Å². The van der Waals surface area contributed by atoms with E-state index >= 15 is 0 Å². The topological polar surface area (TPSA) is 32.7 Å². The van der Waals surface area contributed by atoms with E-state index in [-0.39, 0.29) is 18.6 Å². The SMILES string of the molecule is CCOc1cc(CN2CCC(C(F)(F)F)CC2)ccc1O. The number of rotatable bonds is 4. The Balaban J connectivity index is 1.93. The zero-order valence-corrected chi connectivity index (χ0v) is 12.0. The molecule has 0 unspecified atom stereocenters. The van der Waals surface area contributed by atoms with Crippen LogP contribution in [-0.4, -0.2) is 35.9 Å². The number of piperidine rings is 1. The molecule has 0 amide bonds. The van der Waals surface area contributed by atoms with Crippen molar-refractivity contribution in [2.24, 2.45) is 5.92 Å². The predicted molar refractivity (Wildman–Crippen MR) is 73.3 cm³/mol. The second-order valence-electron chi connectivity index (χ2n) is 5.33. The molecule has 0 saturated carbocycles. The van der Waals surface area contributed by atoms with Crippen molar-refractivity contribution in [2.75, 3.05) is 19.7 Å². The highest BCUT2D eigenvalue weighted by atomic mass is 19.4. The van der Waals surface area contributed by atoms with Crippen molar-refractivity contribution in [2.45, 2.75) is 32.5 Å². The Bertz CT molecular complexity index is 468. The molecular weight excluding hydrogens is 283 g/mol. The van der Waals surface area contributed by atoms with E-state index < -0.39 is 12.1 Å². The first-order chi connectivity index (χ1) is 9.90. The number of aromatic hydroxyl groups is 1. The van der Waals surface area contributed by atoms with Crippen LogP contribution in [0.15, 0.2) is 18.2 Å². The van der Waals surface area contributed by atoms with Crippen LogP contribution in [0.4, 0.5) is 13.2 Å². The maximum Gasteiger partial charge on any atom is 0.391 e. The third kappa shape index (κ3) is 4.27. The first-order valence-corrected chi connectivity index (χ1v) is 7.14. The maximum atomic E-state index is 12.6. The van der Waals surface area contributed by atoms with E-state index in [1.54, 1.807) is 18.2 Å². The Hall–Kier alpha value is -1.43. The molecule has 1 fully saturated rings. The molecule has 0 atom stereocenters. The minimum absolute atomic E-state index is 0.0800. The summed E-state index contributed by atoms with van der Waals surface area (Å²) in [6.07, 6.45) is -3.77. The highest BCUT2D eigenvalue weighted by Crippen LogP contribution is 2.34. The Labute approximate surface area is 122 Å². The number of benzene rings is 1. The summed E-state index contributed by atoms with van der Waals surface area (Å²) >= 11 is 0. The minimum Gasteiger partial charge on any atom is -0.504 e. The summed E-state index contributed by atoms with van der Waals surface area (Å²) in [6.45, 7) is 3.73. The smallest absolute Gasteiger partial charge is 0.391 e. The first-order valence-electron chi connectivity index (χ1n) is 7.14. The molecule has 1 aliphatic heterocycles. The lowest BCUT2D eigenvalue weighted by Gasteiger charge is -2.32. The fourth-order valence-electron chi connectivity index (χ4n) is 2.60. The Morgan fingerprint density at radius 2 is 1.95 bits per heavy atom. The van der Waals surface area contributed by atoms with Gasteiger partial charge in [0.2, 0.25) is 0 Å². The molecule has 6 heteroatoms. The van der Waals surface area contributed by atoms with E-state index in [2.05, 4.69) is 0 Å². The molecule has 1 saturated heterocycles. The highest BCUT2D eigenvalue weighted by Gasteiger charge is 2.40. The molecule has 21 heavy (non-hydrogen) atoms. The second-order valence-corrected chi connectivity index (χ2v) is 5.33. The van der Waals surface area contributed by atoms with Gasteiger partial charge in [-0.15, -0.1) is 0 Å². The number of halogens is 3. The monoisotopic (exact) mass is 303 g/mol. The molecule has 1 aromatic carbocycles. The number of ether oxygens (including phenoxy) is 1. The van der Waals surface area contributed by atoms with E-state index in [0.717, 1.165) is 5.56 Å². The van der Waals surface area contributed by atoms with Gasteiger partial charge in [0.05, 0.1) is 12.5 Å². The standard InChI is InChI=1S/C15H20F3NO2/c1-2-21-14-9-11(3-4-13(14)20)10-19-7-5-12(6-8-19)15(16,17)18/h3-4,9,12,20H,2,5-8,10H2,1H3. The molecule has 3 nitrogen and oxygen atoms in total. The zero-order valence-electron chi connectivity index (χ0n) is 12.0. The van der Waals surface area contributed by atoms with Gasteiger partial charge < -0.3 is 9.84 Å². The quantitative estimate of drug-likeness (QED) is 0.923. The number of phenolic OH excluding ortho intramolecular Hbond substituents is 1. The zero-order chi connectivity index (χ0) is 15.5. The van der Waals surface area contributed by atoms with Crippen molar-refractivity contribution in [3.05, 3.63) is 23.8 Å². The summed E-state index contributed by atoms with van der Waals surface area (Å²) < 4.78 is 43.2. The summed E-state index contributed by atoms with van der Waals surface area (Å²) in [6, 6.07) is 5.07. The van der Waals surface area contributed by atoms with Crippen LogP contribution in [0.3, 0.4) is 0 Å². The van der Waals surface area contributed by atoms with Gasteiger partial charge in [-0.2, -0.15) is 13.2 Å². The van der Waals surface area contributed by atoms with Gasteiger partial charge in [0.25, 0.3) is 0 Å². The van der Waals surface area contributed by atoms with Crippen molar-refractivity contribution in [1.82, 2.24) is 4.90 Å². The minimum atomic E-state index is -4.08. The van der Waals surface area contributed by atoms with Crippen LogP contribution in [0.2, 0.25) is 0 Å². The number of nitrogens with zero attached hydrogens (tertiary/aromatic N) is 1. The lowest BCUT2D eigenvalue weighted by Crippen LogP contribution is -2.38. The van der Waals surface area contributed by atoms with Crippen molar-refractivity contribution in [1.29, 1.82) is 0 Å². The van der Waals surface area contributed by atoms with Crippen LogP contribution < -0.4 is 4.74 Å². The summed E-state index contributed by atoms with van der Waals surface area (Å²) in [4.78, 5) is 2.00. The van der Waals surface area contributed by atoms with Gasteiger partial charge in [0.1, 0.15) is 0 Å². The molecule has 0 aromatic heterocycles. The van der Waals surface area contributed by atoms with Crippen LogP contribution in [0, 0.1) is 5.92 Å². The van der Waals surface area contributed by atoms with Crippen LogP contribution >= 0.6 is 0 Å². The molecule has 1 N–H and O–H groups in total. The average molecular weight is 303 g/mol. The van der Waals surface area contributed by atoms with E-state index in [1.807, 2.05) is 11.8 Å². The number of hydrogen-bond acceptors (Lipinski definition) is 3. The predicted octanol–water partition coefficient (Wildman–Crippen LogP) is 3.57. The highest BCUT2D eigenvalue weighted by molar-refractivity contribution is 5.41. The summed E-state index contributed by atoms with van der Waals surface area (Å²) in [5.41, 5.74) is 0.932. The Morgan fingerprint density at radius 1 is 1.29 bits per heavy atom. The lowest BCUT2D eigenvalue weighted by atomic mass is 9.96. The molecule has 0 radical (unpaired) electrons. The van der Waals surface area contributed by atoms with Crippen LogP contribution in [0.1, 0.15) is 25.3 Å². The Kier molecular flexibility index (Phi) is 4.98. The molecule has 1 aromatic rings. The van der Waals surface area contributed by atoms with Gasteiger partial charge in [-0.05, 0) is 50.6 Å². The van der Waals surface area contributed by atoms with Gasteiger partial charge in [-0.1, -0.05) is 6.07 Å². The maximum absolute atomic E-state index is 12.6. The fourth-order valence-corrected chi connectivity index (χ4v) is 2.60. The summed E-state index contributed by atoms with van der Waals surface area (Å²) in [7, 11) is 0. The van der Waals surface area contributed by atoms with Crippen molar-refractivity contribution in [3.8, 4) is 11.5 Å². The molecule has 0 bridgehead atoms. The van der Waals surface area contributed by atoms with Crippen molar-refractivity contribution < 1.29 is 23.0 Å². The largest absolute Gasteiger partial charge is 0.504 e. The third-order valence-corrected chi connectivity index (χ3v) is 3.78. The van der Waals surface area contributed by atoms with E-state index in [4.69, 9.17) is 4.74 Å². The van der Waals surface area contributed by atoms with Gasteiger partial charge >= 0.3 is 6.18 Å². The Morgan fingerprint density at radius 3 is 2.52 bits per heavy atom. The van der Waals surface area contributed by atoms with Gasteiger partial charge in [-0.3, -0.25) is 4.90 Å². The normalized spacial score (nSPS) is 17.9. The van der Waals surface area contributed by atoms with Crippen molar-refractivity contribution in [3.63, 3.8) is 0 Å². The average Bonchev–Trinajstić information content (AvgIpc) is 2.42. The van der Waals surface area contributed by atoms with Gasteiger partial charge in [-0.25, -0.2) is 0 Å². The van der Waals surface area contributed by atoms with E-state index in [0.29, 0.717) is 32.0 Å². The van der Waals surface area contributed by atoms with Crippen LogP contribution in [-0.2, 0) is 6.54 Å². The number of alkyl halides is 3. The van der Waals surface area contributed by atoms with Crippen LogP contribution in [0.5, 0.6) is 11.5 Å². The molecule has 2 rings (SSSR count). The van der Waals surface area contributed by atoms with Gasteiger partial charge in [0.15, 0.2) is 11.5 Å². The molecule has 0 aliphatic carbocycles. The lowest BCUT2D eigenvalue weighted by molar-refractivity contribution is -0.185. The van der Waals surface area contributed by atoms with Crippen molar-refractivity contribution >= 4 is 0 Å². The molecule has 118 valence electrons. The molecule has 0 spiro atoms. The number of likely N-dealkylation sites (tertiary alicyclic amines) is 1. The van der Waals surface area contributed by atoms with Crippen LogP contribution in [0.25, 0.3) is 0 Å². The number of phenols is 1. The second kappa shape index (κ2) is 6.56. The molecular formula is C15H20F3NO2. The number of hydrogen-bond donors (Lipinski definition) is 1. The fraction of sp³-hybridized carbons (Fsp3) is 0.600.